The normalized spacial score (nSPS) is 19.7. The second-order valence-electron chi connectivity index (χ2n) is 6.08. The van der Waals surface area contributed by atoms with Gasteiger partial charge >= 0.3 is 6.03 Å². The number of likely N-dealkylation sites (tertiary alicyclic amines) is 1. The van der Waals surface area contributed by atoms with Crippen molar-refractivity contribution < 1.29 is 14.3 Å². The van der Waals surface area contributed by atoms with Crippen LogP contribution in [0.5, 0.6) is 5.75 Å². The Bertz CT molecular complexity index is 509. The summed E-state index contributed by atoms with van der Waals surface area (Å²) in [4.78, 5) is 16.3. The lowest BCUT2D eigenvalue weighted by Gasteiger charge is -2.37. The van der Waals surface area contributed by atoms with Crippen LogP contribution in [0.3, 0.4) is 0 Å². The highest BCUT2D eigenvalue weighted by molar-refractivity contribution is 6.30. The SMILES string of the molecule is O=C(N1CCOCC1)N1CCC(COc2ccc(Cl)cc2)CC1. The van der Waals surface area contributed by atoms with Crippen molar-refractivity contribution in [2.45, 2.75) is 12.8 Å². The highest BCUT2D eigenvalue weighted by atomic mass is 35.5. The van der Waals surface area contributed by atoms with E-state index in [1.165, 1.54) is 0 Å². The predicted molar refractivity (Wildman–Crippen MR) is 89.0 cm³/mol. The summed E-state index contributed by atoms with van der Waals surface area (Å²) < 4.78 is 11.1. The molecule has 0 aliphatic carbocycles. The summed E-state index contributed by atoms with van der Waals surface area (Å²) in [5.74, 6) is 1.35. The minimum absolute atomic E-state index is 0.158. The molecule has 0 spiro atoms. The third-order valence-electron chi connectivity index (χ3n) is 4.47. The Kier molecular flexibility index (Phi) is 5.62. The molecule has 1 aromatic rings. The highest BCUT2D eigenvalue weighted by Crippen LogP contribution is 2.21. The molecule has 2 aliphatic rings. The number of carbonyl (C=O) groups is 1. The Morgan fingerprint density at radius 2 is 1.70 bits per heavy atom. The van der Waals surface area contributed by atoms with Gasteiger partial charge in [0, 0.05) is 31.2 Å². The van der Waals surface area contributed by atoms with Gasteiger partial charge in [-0.25, -0.2) is 4.79 Å². The highest BCUT2D eigenvalue weighted by Gasteiger charge is 2.27. The first kappa shape index (κ1) is 16.4. The number of halogens is 1. The molecule has 0 bridgehead atoms. The fourth-order valence-corrected chi connectivity index (χ4v) is 3.12. The molecule has 1 aromatic carbocycles. The third kappa shape index (κ3) is 4.52. The number of amides is 2. The van der Waals surface area contributed by atoms with E-state index >= 15 is 0 Å². The van der Waals surface area contributed by atoms with Gasteiger partial charge < -0.3 is 19.3 Å². The van der Waals surface area contributed by atoms with E-state index in [4.69, 9.17) is 21.1 Å². The zero-order valence-corrected chi connectivity index (χ0v) is 14.0. The van der Waals surface area contributed by atoms with Gasteiger partial charge in [-0.3, -0.25) is 0 Å². The van der Waals surface area contributed by atoms with Crippen molar-refractivity contribution in [1.82, 2.24) is 9.80 Å². The minimum Gasteiger partial charge on any atom is -0.493 e. The van der Waals surface area contributed by atoms with Crippen LogP contribution >= 0.6 is 11.6 Å². The first-order chi connectivity index (χ1) is 11.2. The molecule has 6 heteroatoms. The first-order valence-corrected chi connectivity index (χ1v) is 8.60. The maximum Gasteiger partial charge on any atom is 0.320 e. The van der Waals surface area contributed by atoms with Crippen LogP contribution < -0.4 is 4.74 Å². The van der Waals surface area contributed by atoms with Gasteiger partial charge in [-0.05, 0) is 43.0 Å². The minimum atomic E-state index is 0.158. The largest absolute Gasteiger partial charge is 0.493 e. The van der Waals surface area contributed by atoms with Gasteiger partial charge in [-0.2, -0.15) is 0 Å². The van der Waals surface area contributed by atoms with Crippen LogP contribution in [0.25, 0.3) is 0 Å². The summed E-state index contributed by atoms with van der Waals surface area (Å²) >= 11 is 5.87. The smallest absolute Gasteiger partial charge is 0.320 e. The van der Waals surface area contributed by atoms with Gasteiger partial charge in [-0.1, -0.05) is 11.6 Å². The molecule has 0 atom stereocenters. The molecule has 2 heterocycles. The van der Waals surface area contributed by atoms with E-state index in [2.05, 4.69) is 0 Å². The van der Waals surface area contributed by atoms with Crippen molar-refractivity contribution in [3.63, 3.8) is 0 Å². The number of urea groups is 1. The van der Waals surface area contributed by atoms with Crippen molar-refractivity contribution in [1.29, 1.82) is 0 Å². The van der Waals surface area contributed by atoms with Crippen molar-refractivity contribution in [2.75, 3.05) is 46.0 Å². The van der Waals surface area contributed by atoms with Gasteiger partial charge in [0.05, 0.1) is 19.8 Å². The molecule has 23 heavy (non-hydrogen) atoms. The van der Waals surface area contributed by atoms with E-state index < -0.39 is 0 Å². The Morgan fingerprint density at radius 3 is 2.35 bits per heavy atom. The van der Waals surface area contributed by atoms with Gasteiger partial charge in [0.15, 0.2) is 0 Å². The molecule has 0 aromatic heterocycles. The quantitative estimate of drug-likeness (QED) is 0.851. The van der Waals surface area contributed by atoms with Crippen molar-refractivity contribution in [2.24, 2.45) is 5.92 Å². The predicted octanol–water partition coefficient (Wildman–Crippen LogP) is 2.88. The number of carbonyl (C=O) groups excluding carboxylic acids is 1. The van der Waals surface area contributed by atoms with Gasteiger partial charge in [-0.15, -0.1) is 0 Å². The Labute approximate surface area is 142 Å². The van der Waals surface area contributed by atoms with Gasteiger partial charge in [0.1, 0.15) is 5.75 Å². The molecule has 2 saturated heterocycles. The molecule has 3 rings (SSSR count). The maximum absolute atomic E-state index is 12.4. The summed E-state index contributed by atoms with van der Waals surface area (Å²) in [5.41, 5.74) is 0. The lowest BCUT2D eigenvalue weighted by Crippen LogP contribution is -2.50. The lowest BCUT2D eigenvalue weighted by atomic mass is 9.98. The van der Waals surface area contributed by atoms with E-state index in [0.29, 0.717) is 43.9 Å². The standard InChI is InChI=1S/C17H23ClN2O3/c18-15-1-3-16(4-2-15)23-13-14-5-7-19(8-6-14)17(21)20-9-11-22-12-10-20/h1-4,14H,5-13H2. The number of ether oxygens (including phenoxy) is 2. The monoisotopic (exact) mass is 338 g/mol. The summed E-state index contributed by atoms with van der Waals surface area (Å²) in [6.07, 6.45) is 1.98. The Hall–Kier alpha value is -1.46. The fraction of sp³-hybridized carbons (Fsp3) is 0.588. The number of hydrogen-bond donors (Lipinski definition) is 0. The number of nitrogens with zero attached hydrogens (tertiary/aromatic N) is 2. The zero-order chi connectivity index (χ0) is 16.1. The van der Waals surface area contributed by atoms with E-state index in [-0.39, 0.29) is 6.03 Å². The number of piperidine rings is 1. The Morgan fingerprint density at radius 1 is 1.09 bits per heavy atom. The molecule has 2 fully saturated rings. The van der Waals surface area contributed by atoms with E-state index in [0.717, 1.165) is 31.7 Å². The number of benzene rings is 1. The van der Waals surface area contributed by atoms with Crippen LogP contribution in [0.4, 0.5) is 4.79 Å². The molecular weight excluding hydrogens is 316 g/mol. The second kappa shape index (κ2) is 7.88. The van der Waals surface area contributed by atoms with Crippen molar-refractivity contribution in [3.05, 3.63) is 29.3 Å². The van der Waals surface area contributed by atoms with Crippen molar-refractivity contribution >= 4 is 17.6 Å². The average Bonchev–Trinajstić information content (AvgIpc) is 2.62. The number of hydrogen-bond acceptors (Lipinski definition) is 3. The molecule has 0 radical (unpaired) electrons. The van der Waals surface area contributed by atoms with Gasteiger partial charge in [0.2, 0.25) is 0 Å². The molecule has 0 N–H and O–H groups in total. The van der Waals surface area contributed by atoms with Crippen LogP contribution in [-0.2, 0) is 4.74 Å². The van der Waals surface area contributed by atoms with Crippen LogP contribution in [0.2, 0.25) is 5.02 Å². The molecule has 5 nitrogen and oxygen atoms in total. The molecule has 2 aliphatic heterocycles. The Balaban J connectivity index is 1.41. The van der Waals surface area contributed by atoms with E-state index in [1.54, 1.807) is 0 Å². The topological polar surface area (TPSA) is 42.0 Å². The summed E-state index contributed by atoms with van der Waals surface area (Å²) in [5, 5.41) is 0.715. The van der Waals surface area contributed by atoms with Crippen LogP contribution in [-0.4, -0.2) is 61.8 Å². The van der Waals surface area contributed by atoms with Gasteiger partial charge in [0.25, 0.3) is 0 Å². The fourth-order valence-electron chi connectivity index (χ4n) is 2.99. The molecule has 0 saturated carbocycles. The number of rotatable bonds is 3. The van der Waals surface area contributed by atoms with Crippen LogP contribution in [0, 0.1) is 5.92 Å². The molecule has 0 unspecified atom stereocenters. The average molecular weight is 339 g/mol. The summed E-state index contributed by atoms with van der Waals surface area (Å²) in [6.45, 7) is 5.03. The van der Waals surface area contributed by atoms with E-state index in [1.807, 2.05) is 34.1 Å². The van der Waals surface area contributed by atoms with Crippen LogP contribution in [0.15, 0.2) is 24.3 Å². The molecule has 2 amide bonds. The van der Waals surface area contributed by atoms with Crippen molar-refractivity contribution in [3.8, 4) is 5.75 Å². The summed E-state index contributed by atoms with van der Waals surface area (Å²) in [6, 6.07) is 7.60. The summed E-state index contributed by atoms with van der Waals surface area (Å²) in [7, 11) is 0. The van der Waals surface area contributed by atoms with E-state index in [9.17, 15) is 4.79 Å². The molecule has 126 valence electrons. The lowest BCUT2D eigenvalue weighted by molar-refractivity contribution is 0.0389. The molecular formula is C17H23ClN2O3. The maximum atomic E-state index is 12.4. The second-order valence-corrected chi connectivity index (χ2v) is 6.51. The first-order valence-electron chi connectivity index (χ1n) is 8.22. The van der Waals surface area contributed by atoms with Crippen LogP contribution in [0.1, 0.15) is 12.8 Å². The zero-order valence-electron chi connectivity index (χ0n) is 13.2. The third-order valence-corrected chi connectivity index (χ3v) is 4.72. The number of morpholine rings is 1.